The molecule has 1 aromatic carbocycles. The molecule has 0 saturated carbocycles. The van der Waals surface area contributed by atoms with Gasteiger partial charge in [0, 0.05) is 12.0 Å². The van der Waals surface area contributed by atoms with Crippen molar-refractivity contribution < 1.29 is 27.8 Å². The minimum atomic E-state index is -4.35. The molecule has 0 aromatic heterocycles. The predicted molar refractivity (Wildman–Crippen MR) is 81.4 cm³/mol. The number of aliphatic hydroxyl groups excluding tert-OH is 1. The van der Waals surface area contributed by atoms with Crippen LogP contribution in [0, 0.1) is 5.92 Å². The Morgan fingerprint density at radius 3 is 2.43 bits per heavy atom. The van der Waals surface area contributed by atoms with E-state index in [0.717, 1.165) is 12.1 Å². The number of esters is 1. The second-order valence-corrected chi connectivity index (χ2v) is 5.07. The first kappa shape index (κ1) is 19.0. The van der Waals surface area contributed by atoms with E-state index in [2.05, 4.69) is 4.74 Å². The second kappa shape index (κ2) is 8.53. The molecule has 0 heterocycles. The van der Waals surface area contributed by atoms with Gasteiger partial charge in [0.1, 0.15) is 0 Å². The molecule has 0 aliphatic carbocycles. The molecule has 1 rings (SSSR count). The van der Waals surface area contributed by atoms with Gasteiger partial charge in [-0.25, -0.2) is 4.79 Å². The Morgan fingerprint density at radius 1 is 1.30 bits per heavy atom. The van der Waals surface area contributed by atoms with Gasteiger partial charge in [-0.15, -0.1) is 0 Å². The molecule has 0 aliphatic rings. The molecule has 0 radical (unpaired) electrons. The van der Waals surface area contributed by atoms with Crippen LogP contribution in [0.3, 0.4) is 0 Å². The van der Waals surface area contributed by atoms with Crippen LogP contribution in [-0.4, -0.2) is 24.3 Å². The third-order valence-corrected chi connectivity index (χ3v) is 3.27. The number of ether oxygens (including phenoxy) is 1. The van der Waals surface area contributed by atoms with Crippen LogP contribution in [0.15, 0.2) is 42.5 Å². The van der Waals surface area contributed by atoms with Crippen molar-refractivity contribution in [1.82, 2.24) is 0 Å². The van der Waals surface area contributed by atoms with E-state index in [1.54, 1.807) is 19.1 Å². The molecular weight excluding hydrogens is 309 g/mol. The summed E-state index contributed by atoms with van der Waals surface area (Å²) < 4.78 is 41.8. The lowest BCUT2D eigenvalue weighted by Gasteiger charge is -2.13. The van der Waals surface area contributed by atoms with Crippen LogP contribution in [0.2, 0.25) is 0 Å². The highest BCUT2D eigenvalue weighted by Crippen LogP contribution is 2.29. The monoisotopic (exact) mass is 328 g/mol. The molecule has 3 nitrogen and oxygen atoms in total. The summed E-state index contributed by atoms with van der Waals surface area (Å²) in [6.45, 7) is 1.78. The number of carbonyl (C=O) groups is 1. The summed E-state index contributed by atoms with van der Waals surface area (Å²) in [7, 11) is 1.26. The third-order valence-electron chi connectivity index (χ3n) is 3.27. The van der Waals surface area contributed by atoms with Crippen LogP contribution in [-0.2, 0) is 15.7 Å². The molecule has 0 bridgehead atoms. The molecule has 0 unspecified atom stereocenters. The van der Waals surface area contributed by atoms with Gasteiger partial charge in [-0.3, -0.25) is 0 Å². The van der Waals surface area contributed by atoms with Crippen molar-refractivity contribution in [3.05, 3.63) is 53.6 Å². The van der Waals surface area contributed by atoms with E-state index in [9.17, 15) is 23.1 Å². The normalized spacial score (nSPS) is 15.0. The van der Waals surface area contributed by atoms with Gasteiger partial charge in [0.2, 0.25) is 0 Å². The fourth-order valence-corrected chi connectivity index (χ4v) is 1.76. The summed E-state index contributed by atoms with van der Waals surface area (Å²) in [6.07, 6.45) is 1.32. The van der Waals surface area contributed by atoms with Crippen molar-refractivity contribution in [2.24, 2.45) is 5.92 Å². The van der Waals surface area contributed by atoms with E-state index in [1.165, 1.54) is 31.4 Å². The van der Waals surface area contributed by atoms with Crippen molar-refractivity contribution in [2.75, 3.05) is 7.11 Å². The molecule has 0 saturated heterocycles. The van der Waals surface area contributed by atoms with Gasteiger partial charge in [0.05, 0.1) is 18.8 Å². The van der Waals surface area contributed by atoms with Crippen molar-refractivity contribution in [2.45, 2.75) is 25.6 Å². The van der Waals surface area contributed by atoms with Gasteiger partial charge in [0.15, 0.2) is 0 Å². The molecule has 126 valence electrons. The average Bonchev–Trinajstić information content (AvgIpc) is 2.51. The second-order valence-electron chi connectivity index (χ2n) is 5.07. The molecule has 0 amide bonds. The number of carbonyl (C=O) groups excluding carboxylic acids is 1. The van der Waals surface area contributed by atoms with Gasteiger partial charge in [-0.05, 0) is 24.1 Å². The van der Waals surface area contributed by atoms with Crippen LogP contribution in [0.4, 0.5) is 13.2 Å². The Bertz CT molecular complexity index is 559. The molecule has 6 heteroatoms. The fourth-order valence-electron chi connectivity index (χ4n) is 1.76. The van der Waals surface area contributed by atoms with E-state index in [0.29, 0.717) is 5.56 Å². The zero-order chi connectivity index (χ0) is 17.5. The SMILES string of the molecule is COC(=O)/C=C/C[C@H](O)[C@H](C)/C=C/c1ccc(C(F)(F)F)cc1. The van der Waals surface area contributed by atoms with Crippen molar-refractivity contribution in [3.63, 3.8) is 0 Å². The maximum absolute atomic E-state index is 12.4. The van der Waals surface area contributed by atoms with Gasteiger partial charge in [-0.2, -0.15) is 13.2 Å². The van der Waals surface area contributed by atoms with E-state index >= 15 is 0 Å². The largest absolute Gasteiger partial charge is 0.466 e. The highest BCUT2D eigenvalue weighted by atomic mass is 19.4. The maximum atomic E-state index is 12.4. The number of methoxy groups -OCH3 is 1. The lowest BCUT2D eigenvalue weighted by Crippen LogP contribution is -2.14. The number of benzene rings is 1. The van der Waals surface area contributed by atoms with Crippen LogP contribution >= 0.6 is 0 Å². The molecule has 1 N–H and O–H groups in total. The lowest BCUT2D eigenvalue weighted by molar-refractivity contribution is -0.137. The number of aliphatic hydroxyl groups is 1. The zero-order valence-corrected chi connectivity index (χ0v) is 12.9. The molecule has 0 fully saturated rings. The summed E-state index contributed by atoms with van der Waals surface area (Å²) >= 11 is 0. The quantitative estimate of drug-likeness (QED) is 0.637. The van der Waals surface area contributed by atoms with Gasteiger partial charge in [0.25, 0.3) is 0 Å². The summed E-state index contributed by atoms with van der Waals surface area (Å²) in [5.74, 6) is -0.718. The maximum Gasteiger partial charge on any atom is 0.416 e. The topological polar surface area (TPSA) is 46.5 Å². The molecule has 2 atom stereocenters. The smallest absolute Gasteiger partial charge is 0.416 e. The van der Waals surface area contributed by atoms with Crippen molar-refractivity contribution in [1.29, 1.82) is 0 Å². The highest BCUT2D eigenvalue weighted by Gasteiger charge is 2.29. The number of rotatable bonds is 6. The Kier molecular flexibility index (Phi) is 7.03. The summed E-state index contributed by atoms with van der Waals surface area (Å²) in [5.41, 5.74) is -0.0853. The minimum Gasteiger partial charge on any atom is -0.466 e. The van der Waals surface area contributed by atoms with Crippen LogP contribution < -0.4 is 0 Å². The third kappa shape index (κ3) is 6.69. The summed E-state index contributed by atoms with van der Waals surface area (Å²) in [6, 6.07) is 4.77. The van der Waals surface area contributed by atoms with Crippen molar-refractivity contribution in [3.8, 4) is 0 Å². The molecule has 23 heavy (non-hydrogen) atoms. The molecule has 0 aliphatic heterocycles. The number of hydrogen-bond acceptors (Lipinski definition) is 3. The fraction of sp³-hybridized carbons (Fsp3) is 0.353. The van der Waals surface area contributed by atoms with Gasteiger partial charge in [-0.1, -0.05) is 37.3 Å². The van der Waals surface area contributed by atoms with Crippen LogP contribution in [0.5, 0.6) is 0 Å². The lowest BCUT2D eigenvalue weighted by atomic mass is 10.00. The Hall–Kier alpha value is -2.08. The van der Waals surface area contributed by atoms with Crippen LogP contribution in [0.1, 0.15) is 24.5 Å². The predicted octanol–water partition coefficient (Wildman–Crippen LogP) is 3.83. The summed E-state index contributed by atoms with van der Waals surface area (Å²) in [4.78, 5) is 10.9. The first-order valence-electron chi connectivity index (χ1n) is 7.02. The van der Waals surface area contributed by atoms with Crippen molar-refractivity contribution >= 4 is 12.0 Å². The average molecular weight is 328 g/mol. The number of hydrogen-bond donors (Lipinski definition) is 1. The highest BCUT2D eigenvalue weighted by molar-refractivity contribution is 5.81. The van der Waals surface area contributed by atoms with E-state index in [4.69, 9.17) is 0 Å². The van der Waals surface area contributed by atoms with Gasteiger partial charge < -0.3 is 9.84 Å². The van der Waals surface area contributed by atoms with E-state index < -0.39 is 23.8 Å². The Morgan fingerprint density at radius 2 is 1.91 bits per heavy atom. The molecule has 0 spiro atoms. The molecular formula is C17H19F3O3. The minimum absolute atomic E-state index is 0.223. The first-order chi connectivity index (χ1) is 10.7. The van der Waals surface area contributed by atoms with Gasteiger partial charge >= 0.3 is 12.1 Å². The standard InChI is InChI=1S/C17H19F3O3/c1-12(15(21)4-3-5-16(22)23-2)6-7-13-8-10-14(11-9-13)17(18,19)20/h3,5-12,15,21H,4H2,1-2H3/b5-3+,7-6+/t12-,15+/m1/s1. The van der Waals surface area contributed by atoms with E-state index in [1.807, 2.05) is 0 Å². The Labute approximate surface area is 133 Å². The summed E-state index contributed by atoms with van der Waals surface area (Å²) in [5, 5.41) is 9.93. The number of alkyl halides is 3. The molecule has 1 aromatic rings. The Balaban J connectivity index is 2.59. The number of halogens is 3. The zero-order valence-electron chi connectivity index (χ0n) is 12.9. The van der Waals surface area contributed by atoms with E-state index in [-0.39, 0.29) is 12.3 Å². The first-order valence-corrected chi connectivity index (χ1v) is 7.02. The van der Waals surface area contributed by atoms with Crippen LogP contribution in [0.25, 0.3) is 6.08 Å².